The van der Waals surface area contributed by atoms with Crippen LogP contribution in [0.5, 0.6) is 0 Å². The monoisotopic (exact) mass is 234 g/mol. The molecule has 0 bridgehead atoms. The van der Waals surface area contributed by atoms with Crippen LogP contribution in [0.1, 0.15) is 25.3 Å². The van der Waals surface area contributed by atoms with Crippen molar-refractivity contribution in [2.45, 2.75) is 31.6 Å². The Balaban J connectivity index is 2.34. The number of ketones is 1. The van der Waals surface area contributed by atoms with Crippen molar-refractivity contribution in [2.24, 2.45) is 0 Å². The number of hydrogen-bond acceptors (Lipinski definition) is 2. The zero-order chi connectivity index (χ0) is 11.8. The van der Waals surface area contributed by atoms with Gasteiger partial charge in [0.2, 0.25) is 0 Å². The van der Waals surface area contributed by atoms with E-state index in [-0.39, 0.29) is 5.78 Å². The van der Waals surface area contributed by atoms with Gasteiger partial charge in [0.05, 0.1) is 5.75 Å². The van der Waals surface area contributed by atoms with Crippen LogP contribution >= 0.6 is 11.8 Å². The summed E-state index contributed by atoms with van der Waals surface area (Å²) < 4.78 is 0. The fraction of sp³-hybridized carbons (Fsp3) is 0.357. The van der Waals surface area contributed by atoms with Crippen LogP contribution in [0.4, 0.5) is 0 Å². The molecule has 0 unspecified atom stereocenters. The topological polar surface area (TPSA) is 17.1 Å². The summed E-state index contributed by atoms with van der Waals surface area (Å²) in [4.78, 5) is 12.6. The molecule has 0 radical (unpaired) electrons. The lowest BCUT2D eigenvalue weighted by molar-refractivity contribution is -0.112. The van der Waals surface area contributed by atoms with E-state index >= 15 is 0 Å². The molecule has 0 heterocycles. The van der Waals surface area contributed by atoms with Crippen LogP contribution in [-0.2, 0) is 4.79 Å². The Morgan fingerprint density at radius 3 is 2.62 bits per heavy atom. The quantitative estimate of drug-likeness (QED) is 0.546. The molecule has 0 aliphatic carbocycles. The summed E-state index contributed by atoms with van der Waals surface area (Å²) in [5.41, 5.74) is 1.25. The van der Waals surface area contributed by atoms with Gasteiger partial charge in [-0.2, -0.15) is 0 Å². The Kier molecular flexibility index (Phi) is 5.94. The van der Waals surface area contributed by atoms with E-state index in [0.717, 1.165) is 17.7 Å². The molecule has 0 saturated heterocycles. The van der Waals surface area contributed by atoms with Crippen LogP contribution in [0, 0.1) is 6.92 Å². The van der Waals surface area contributed by atoms with Gasteiger partial charge in [-0.25, -0.2) is 0 Å². The maximum Gasteiger partial charge on any atom is 0.165 e. The summed E-state index contributed by atoms with van der Waals surface area (Å²) in [5.74, 6) is 0.725. The highest BCUT2D eigenvalue weighted by Crippen LogP contribution is 2.18. The van der Waals surface area contributed by atoms with Crippen molar-refractivity contribution in [3.8, 4) is 0 Å². The summed E-state index contributed by atoms with van der Waals surface area (Å²) in [7, 11) is 0. The van der Waals surface area contributed by atoms with Crippen LogP contribution in [-0.4, -0.2) is 11.5 Å². The molecule has 1 nitrogen and oxygen atoms in total. The molecule has 0 N–H and O–H groups in total. The Morgan fingerprint density at radius 2 is 2.00 bits per heavy atom. The number of thioether (sulfide) groups is 1. The molecular weight excluding hydrogens is 216 g/mol. The summed E-state index contributed by atoms with van der Waals surface area (Å²) >= 11 is 1.59. The smallest absolute Gasteiger partial charge is 0.165 e. The number of rotatable bonds is 6. The molecule has 0 aliphatic heterocycles. The lowest BCUT2D eigenvalue weighted by atomic mass is 10.2. The molecule has 1 aromatic rings. The highest BCUT2D eigenvalue weighted by atomic mass is 32.2. The first kappa shape index (κ1) is 13.0. The molecule has 0 atom stereocenters. The second-order valence-electron chi connectivity index (χ2n) is 3.76. The van der Waals surface area contributed by atoms with Gasteiger partial charge in [0.25, 0.3) is 0 Å². The van der Waals surface area contributed by atoms with Crippen LogP contribution < -0.4 is 0 Å². The highest BCUT2D eigenvalue weighted by Gasteiger charge is 1.98. The van der Waals surface area contributed by atoms with E-state index < -0.39 is 0 Å². The molecule has 0 amide bonds. The molecule has 0 aliphatic rings. The first-order chi connectivity index (χ1) is 7.72. The van der Waals surface area contributed by atoms with Crippen LogP contribution in [0.25, 0.3) is 0 Å². The molecule has 2 heteroatoms. The van der Waals surface area contributed by atoms with Crippen molar-refractivity contribution in [2.75, 3.05) is 5.75 Å². The number of hydrogen-bond donors (Lipinski definition) is 0. The molecule has 0 fully saturated rings. The Hall–Kier alpha value is -1.02. The van der Waals surface area contributed by atoms with Gasteiger partial charge in [0, 0.05) is 4.90 Å². The number of unbranched alkanes of at least 4 members (excludes halogenated alkanes) is 1. The van der Waals surface area contributed by atoms with Gasteiger partial charge in [-0.05, 0) is 31.6 Å². The zero-order valence-electron chi connectivity index (χ0n) is 9.90. The highest BCUT2D eigenvalue weighted by molar-refractivity contribution is 8.00. The van der Waals surface area contributed by atoms with E-state index in [1.165, 1.54) is 5.56 Å². The minimum absolute atomic E-state index is 0.194. The van der Waals surface area contributed by atoms with Crippen molar-refractivity contribution >= 4 is 17.5 Å². The molecule has 0 spiro atoms. The van der Waals surface area contributed by atoms with E-state index in [9.17, 15) is 4.79 Å². The van der Waals surface area contributed by atoms with Gasteiger partial charge < -0.3 is 0 Å². The van der Waals surface area contributed by atoms with E-state index in [1.807, 2.05) is 6.08 Å². The third kappa shape index (κ3) is 5.17. The summed E-state index contributed by atoms with van der Waals surface area (Å²) in [6.45, 7) is 4.17. The Bertz CT molecular complexity index is 352. The summed E-state index contributed by atoms with van der Waals surface area (Å²) in [5, 5.41) is 0. The Morgan fingerprint density at radius 1 is 1.31 bits per heavy atom. The van der Waals surface area contributed by atoms with E-state index in [4.69, 9.17) is 0 Å². The van der Waals surface area contributed by atoms with Crippen LogP contribution in [0.15, 0.2) is 41.3 Å². The molecule has 86 valence electrons. The van der Waals surface area contributed by atoms with Gasteiger partial charge in [-0.1, -0.05) is 37.1 Å². The predicted molar refractivity (Wildman–Crippen MR) is 71.0 cm³/mol. The molecule has 1 aromatic carbocycles. The van der Waals surface area contributed by atoms with Crippen LogP contribution in [0.3, 0.4) is 0 Å². The first-order valence-corrected chi connectivity index (χ1v) is 6.59. The van der Waals surface area contributed by atoms with E-state index in [1.54, 1.807) is 17.8 Å². The Labute approximate surface area is 102 Å². The van der Waals surface area contributed by atoms with Crippen molar-refractivity contribution < 1.29 is 4.79 Å². The third-order valence-electron chi connectivity index (χ3n) is 2.16. The minimum atomic E-state index is 0.194. The number of aryl methyl sites for hydroxylation is 1. The third-order valence-corrected chi connectivity index (χ3v) is 3.20. The summed E-state index contributed by atoms with van der Waals surface area (Å²) in [6.07, 6.45) is 5.73. The minimum Gasteiger partial charge on any atom is -0.294 e. The summed E-state index contributed by atoms with van der Waals surface area (Å²) in [6, 6.07) is 8.26. The molecule has 1 rings (SSSR count). The van der Waals surface area contributed by atoms with Crippen LogP contribution in [0.2, 0.25) is 0 Å². The van der Waals surface area contributed by atoms with Gasteiger partial charge >= 0.3 is 0 Å². The second kappa shape index (κ2) is 7.29. The van der Waals surface area contributed by atoms with Gasteiger partial charge in [0.1, 0.15) is 0 Å². The normalized spacial score (nSPS) is 10.9. The SMILES string of the molecule is CCC/C=C/C(=O)CSc1ccc(C)cc1. The second-order valence-corrected chi connectivity index (χ2v) is 4.81. The maximum atomic E-state index is 11.5. The van der Waals surface area contributed by atoms with Crippen molar-refractivity contribution in [1.29, 1.82) is 0 Å². The first-order valence-electron chi connectivity index (χ1n) is 5.61. The van der Waals surface area contributed by atoms with Crippen molar-refractivity contribution in [1.82, 2.24) is 0 Å². The molecule has 0 saturated carbocycles. The standard InChI is InChI=1S/C14H18OS/c1-3-4-5-6-13(15)11-16-14-9-7-12(2)8-10-14/h5-10H,3-4,11H2,1-2H3/b6-5+. The van der Waals surface area contributed by atoms with Crippen molar-refractivity contribution in [3.63, 3.8) is 0 Å². The fourth-order valence-corrected chi connectivity index (χ4v) is 1.95. The van der Waals surface area contributed by atoms with Crippen molar-refractivity contribution in [3.05, 3.63) is 42.0 Å². The largest absolute Gasteiger partial charge is 0.294 e. The average molecular weight is 234 g/mol. The van der Waals surface area contributed by atoms with Gasteiger partial charge in [-0.3, -0.25) is 4.79 Å². The van der Waals surface area contributed by atoms with E-state index in [2.05, 4.69) is 38.1 Å². The number of benzene rings is 1. The fourth-order valence-electron chi connectivity index (χ4n) is 1.22. The van der Waals surface area contributed by atoms with E-state index in [0.29, 0.717) is 5.75 Å². The number of carbonyl (C=O) groups is 1. The van der Waals surface area contributed by atoms with Gasteiger partial charge in [0.15, 0.2) is 5.78 Å². The van der Waals surface area contributed by atoms with Gasteiger partial charge in [-0.15, -0.1) is 11.8 Å². The average Bonchev–Trinajstić information content (AvgIpc) is 2.29. The molecular formula is C14H18OS. The number of carbonyl (C=O) groups excluding carboxylic acids is 1. The lowest BCUT2D eigenvalue weighted by Crippen LogP contribution is -1.95. The molecule has 16 heavy (non-hydrogen) atoms. The zero-order valence-corrected chi connectivity index (χ0v) is 10.7. The molecule has 0 aromatic heterocycles. The maximum absolute atomic E-state index is 11.5. The lowest BCUT2D eigenvalue weighted by Gasteiger charge is -1.99. The predicted octanol–water partition coefficient (Wildman–Crippen LogP) is 4.01. The number of allylic oxidation sites excluding steroid dienone is 2.